The molecule has 2 aliphatic heterocycles. The van der Waals surface area contributed by atoms with Crippen LogP contribution in [0.15, 0.2) is 81.7 Å². The summed E-state index contributed by atoms with van der Waals surface area (Å²) in [5.41, 5.74) is 20.6. The maximum Gasteiger partial charge on any atom is 0.168 e. The number of nitrogens with zero attached hydrogens (tertiary/aromatic N) is 7. The number of anilines is 4. The second kappa shape index (κ2) is 17.0. The predicted molar refractivity (Wildman–Crippen MR) is 229 cm³/mol. The summed E-state index contributed by atoms with van der Waals surface area (Å²) in [5, 5.41) is 16.1. The summed E-state index contributed by atoms with van der Waals surface area (Å²) >= 11 is 6.83. The zero-order valence-corrected chi connectivity index (χ0v) is 32.8. The highest BCUT2D eigenvalue weighted by Gasteiger charge is 2.20. The summed E-state index contributed by atoms with van der Waals surface area (Å²) < 4.78 is 1.99. The lowest BCUT2D eigenvalue weighted by molar-refractivity contribution is 0.112. The molecule has 0 amide bonds. The Morgan fingerprint density at radius 1 is 0.704 bits per heavy atom. The molecule has 2 fully saturated rings. The van der Waals surface area contributed by atoms with Gasteiger partial charge in [0.05, 0.1) is 39.3 Å². The molecule has 4 aromatic carbocycles. The third kappa shape index (κ3) is 8.39. The molecule has 2 saturated heterocycles. The van der Waals surface area contributed by atoms with E-state index in [4.69, 9.17) is 16.5 Å². The molecular formula is C39H46Br2N12O. The summed E-state index contributed by atoms with van der Waals surface area (Å²) in [6.07, 6.45) is 0.767. The highest BCUT2D eigenvalue weighted by Crippen LogP contribution is 2.32. The first-order valence-electron chi connectivity index (χ1n) is 17.4. The maximum absolute atomic E-state index is 10.5. The molecule has 2 aliphatic rings. The smallest absolute Gasteiger partial charge is 0.168 e. The van der Waals surface area contributed by atoms with Gasteiger partial charge < -0.3 is 36.1 Å². The zero-order chi connectivity index (χ0) is 37.1. The molecule has 282 valence electrons. The van der Waals surface area contributed by atoms with Gasteiger partial charge in [0.1, 0.15) is 16.9 Å². The van der Waals surface area contributed by atoms with Gasteiger partial charge in [-0.25, -0.2) is 4.98 Å². The minimum Gasteiger partial charge on any atom is -0.397 e. The second-order valence-corrected chi connectivity index (χ2v) is 15.1. The van der Waals surface area contributed by atoms with Crippen LogP contribution in [0.4, 0.5) is 22.7 Å². The van der Waals surface area contributed by atoms with E-state index in [0.717, 1.165) is 118 Å². The number of carbonyl (C=O) groups excluding carboxylic acids is 1. The van der Waals surface area contributed by atoms with Crippen LogP contribution in [-0.2, 0) is 0 Å². The number of imidazole rings is 1. The molecule has 54 heavy (non-hydrogen) atoms. The Hall–Kier alpha value is -4.96. The minimum atomic E-state index is 0. The third-order valence-electron chi connectivity index (χ3n) is 9.71. The monoisotopic (exact) mass is 856 g/mol. The van der Waals surface area contributed by atoms with Crippen molar-refractivity contribution in [2.45, 2.75) is 7.43 Å². The fraction of sp³-hybridized carbons (Fsp3) is 0.282. The number of aldehydes is 1. The molecule has 5 heterocycles. The number of likely N-dealkylation sites (N-methyl/N-ethyl adjacent to an activating group) is 2. The van der Waals surface area contributed by atoms with Crippen molar-refractivity contribution in [3.63, 3.8) is 0 Å². The molecule has 15 heteroatoms. The number of fused-ring (bicyclic) bond motifs is 3. The zero-order valence-electron chi connectivity index (χ0n) is 29.6. The molecular weight excluding hydrogens is 812 g/mol. The second-order valence-electron chi connectivity index (χ2n) is 13.3. The van der Waals surface area contributed by atoms with Crippen molar-refractivity contribution in [2.75, 3.05) is 87.7 Å². The SMILES string of the molecule is C.CN1CCN(c2cccc(N)c2N)CC1.CN1CCN(c2cccc3[nH]c(-c4n[nH]c5cc(Br)ccc45)nc23)CC1.O=Cc1[nH]nc2cc(Br)ccc12. The fourth-order valence-electron chi connectivity index (χ4n) is 6.59. The van der Waals surface area contributed by atoms with Gasteiger partial charge >= 0.3 is 0 Å². The van der Waals surface area contributed by atoms with Crippen LogP contribution >= 0.6 is 31.9 Å². The van der Waals surface area contributed by atoms with Crippen LogP contribution in [0.2, 0.25) is 0 Å². The Morgan fingerprint density at radius 3 is 2.00 bits per heavy atom. The first kappa shape index (κ1) is 38.8. The summed E-state index contributed by atoms with van der Waals surface area (Å²) in [4.78, 5) is 28.3. The van der Waals surface area contributed by atoms with Crippen molar-refractivity contribution in [1.82, 2.24) is 40.2 Å². The molecule has 0 radical (unpaired) electrons. The lowest BCUT2D eigenvalue weighted by atomic mass is 10.2. The molecule has 13 nitrogen and oxygen atoms in total. The van der Waals surface area contributed by atoms with E-state index in [-0.39, 0.29) is 7.43 Å². The number of benzene rings is 4. The molecule has 7 N–H and O–H groups in total. The number of halogens is 2. The molecule has 0 aliphatic carbocycles. The quantitative estimate of drug-likeness (QED) is 0.0919. The van der Waals surface area contributed by atoms with Crippen molar-refractivity contribution in [2.24, 2.45) is 0 Å². The Labute approximate surface area is 331 Å². The Bertz CT molecular complexity index is 2350. The van der Waals surface area contributed by atoms with Gasteiger partial charge in [-0.3, -0.25) is 15.0 Å². The van der Waals surface area contributed by atoms with Crippen LogP contribution in [0.3, 0.4) is 0 Å². The normalized spacial score (nSPS) is 15.0. The molecule has 7 aromatic rings. The van der Waals surface area contributed by atoms with E-state index < -0.39 is 0 Å². The first-order valence-corrected chi connectivity index (χ1v) is 19.0. The fourth-order valence-corrected chi connectivity index (χ4v) is 7.30. The summed E-state index contributed by atoms with van der Waals surface area (Å²) in [7, 11) is 4.31. The van der Waals surface area contributed by atoms with Crippen LogP contribution in [0.5, 0.6) is 0 Å². The van der Waals surface area contributed by atoms with Gasteiger partial charge in [-0.15, -0.1) is 0 Å². The standard InChI is InChI=1S/C19H19BrN6.C11H18N4.C8H5BrN2O.CH4/c1-25-7-9-26(10-8-25)16-4-2-3-14-18(16)22-19(21-14)17-13-6-5-12(20)11-15(13)23-24-17;1-14-5-7-15(8-6-14)10-4-2-3-9(12)11(10)13;9-5-1-2-6-7(3-5)10-11-8(6)4-12;/h2-6,11H,7-10H2,1H3,(H,21,22)(H,23,24);2-4H,5-8,12-13H2,1H3;1-4H,(H,10,11);1H4. The number of rotatable bonds is 4. The lowest BCUT2D eigenvalue weighted by Crippen LogP contribution is -2.44. The number of para-hydroxylation sites is 2. The molecule has 0 atom stereocenters. The first-order chi connectivity index (χ1) is 25.7. The summed E-state index contributed by atoms with van der Waals surface area (Å²) in [6, 6.07) is 23.9. The van der Waals surface area contributed by atoms with Crippen molar-refractivity contribution >= 4 is 93.7 Å². The van der Waals surface area contributed by atoms with Gasteiger partial charge in [-0.05, 0) is 74.8 Å². The number of aromatic amines is 3. The van der Waals surface area contributed by atoms with Crippen LogP contribution in [-0.4, -0.2) is 113 Å². The van der Waals surface area contributed by atoms with Gasteiger partial charge in [-0.1, -0.05) is 51.4 Å². The number of hydrogen-bond donors (Lipinski definition) is 5. The maximum atomic E-state index is 10.5. The lowest BCUT2D eigenvalue weighted by Gasteiger charge is -2.34. The number of carbonyl (C=O) groups is 1. The highest BCUT2D eigenvalue weighted by atomic mass is 79.9. The average molecular weight is 859 g/mol. The van der Waals surface area contributed by atoms with Gasteiger partial charge in [0.25, 0.3) is 0 Å². The van der Waals surface area contributed by atoms with Crippen molar-refractivity contribution in [1.29, 1.82) is 0 Å². The Balaban J connectivity index is 0.000000151. The van der Waals surface area contributed by atoms with E-state index in [9.17, 15) is 4.79 Å². The van der Waals surface area contributed by atoms with Gasteiger partial charge in [0.2, 0.25) is 0 Å². The molecule has 9 rings (SSSR count). The van der Waals surface area contributed by atoms with Crippen LogP contribution in [0.25, 0.3) is 44.4 Å². The molecule has 0 bridgehead atoms. The van der Waals surface area contributed by atoms with E-state index in [1.54, 1.807) is 0 Å². The third-order valence-corrected chi connectivity index (χ3v) is 10.7. The van der Waals surface area contributed by atoms with Crippen LogP contribution < -0.4 is 21.3 Å². The molecule has 0 spiro atoms. The molecule has 0 unspecified atom stereocenters. The number of aromatic nitrogens is 6. The van der Waals surface area contributed by atoms with E-state index in [0.29, 0.717) is 17.1 Å². The number of H-pyrrole nitrogens is 3. The minimum absolute atomic E-state index is 0. The van der Waals surface area contributed by atoms with E-state index in [1.807, 2.05) is 48.5 Å². The Morgan fingerprint density at radius 2 is 1.31 bits per heavy atom. The highest BCUT2D eigenvalue weighted by molar-refractivity contribution is 9.10. The molecule has 3 aromatic heterocycles. The number of nitrogen functional groups attached to an aromatic ring is 2. The number of nitrogens with one attached hydrogen (secondary N) is 3. The summed E-state index contributed by atoms with van der Waals surface area (Å²) in [6.45, 7) is 8.39. The van der Waals surface area contributed by atoms with Gasteiger partial charge in [0, 0.05) is 72.1 Å². The van der Waals surface area contributed by atoms with E-state index >= 15 is 0 Å². The van der Waals surface area contributed by atoms with E-state index in [2.05, 4.69) is 115 Å². The van der Waals surface area contributed by atoms with E-state index in [1.165, 1.54) is 5.69 Å². The number of piperazine rings is 2. The van der Waals surface area contributed by atoms with Crippen LogP contribution in [0, 0.1) is 0 Å². The van der Waals surface area contributed by atoms with Gasteiger partial charge in [0.15, 0.2) is 12.1 Å². The van der Waals surface area contributed by atoms with Crippen LogP contribution in [0.1, 0.15) is 17.9 Å². The number of hydrogen-bond acceptors (Lipinski definition) is 10. The number of nitrogens with two attached hydrogens (primary N) is 2. The van der Waals surface area contributed by atoms with Gasteiger partial charge in [-0.2, -0.15) is 10.2 Å². The van der Waals surface area contributed by atoms with Crippen molar-refractivity contribution in [3.05, 3.63) is 87.4 Å². The summed E-state index contributed by atoms with van der Waals surface area (Å²) in [5.74, 6) is 0.801. The predicted octanol–water partition coefficient (Wildman–Crippen LogP) is 7.00. The topological polar surface area (TPSA) is 168 Å². The van der Waals surface area contributed by atoms with Crippen molar-refractivity contribution in [3.8, 4) is 11.5 Å². The van der Waals surface area contributed by atoms with Crippen molar-refractivity contribution < 1.29 is 4.79 Å². The average Bonchev–Trinajstić information content (AvgIpc) is 3.90. The molecule has 0 saturated carbocycles. The largest absolute Gasteiger partial charge is 0.397 e. The Kier molecular flexibility index (Phi) is 12.2.